The van der Waals surface area contributed by atoms with E-state index in [1.54, 1.807) is 12.1 Å². The van der Waals surface area contributed by atoms with Crippen LogP contribution in [0.5, 0.6) is 0 Å². The number of amides is 1. The van der Waals surface area contributed by atoms with Gasteiger partial charge in [-0.25, -0.2) is 4.39 Å². The van der Waals surface area contributed by atoms with E-state index < -0.39 is 0 Å². The maximum Gasteiger partial charge on any atom is 0.269 e. The first-order valence-corrected chi connectivity index (χ1v) is 8.46. The molecule has 0 unspecified atom stereocenters. The van der Waals surface area contributed by atoms with E-state index in [2.05, 4.69) is 28.1 Å². The summed E-state index contributed by atoms with van der Waals surface area (Å²) in [4.78, 5) is 12.2. The summed E-state index contributed by atoms with van der Waals surface area (Å²) in [5.74, 6) is 0.460. The highest BCUT2D eigenvalue weighted by atomic mass is 32.1. The lowest BCUT2D eigenvalue weighted by Crippen LogP contribution is -2.25. The van der Waals surface area contributed by atoms with Crippen molar-refractivity contribution in [2.45, 2.75) is 32.6 Å². The van der Waals surface area contributed by atoms with Crippen LogP contribution in [0, 0.1) is 12.7 Å². The molecule has 0 aliphatic heterocycles. The molecule has 4 nitrogen and oxygen atoms in total. The number of carbonyl (C=O) groups is 1. The molecule has 23 heavy (non-hydrogen) atoms. The Kier molecular flexibility index (Phi) is 6.65. The number of H-pyrrole nitrogens is 1. The van der Waals surface area contributed by atoms with Crippen LogP contribution < -0.4 is 5.32 Å². The summed E-state index contributed by atoms with van der Waals surface area (Å²) >= 11 is 4.17. The van der Waals surface area contributed by atoms with E-state index in [1.165, 1.54) is 12.1 Å². The topological polar surface area (TPSA) is 57.8 Å². The van der Waals surface area contributed by atoms with Crippen LogP contribution in [0.4, 0.5) is 4.39 Å². The van der Waals surface area contributed by atoms with E-state index in [1.807, 2.05) is 6.92 Å². The lowest BCUT2D eigenvalue weighted by molar-refractivity contribution is 0.0947. The predicted octanol–water partition coefficient (Wildman–Crippen LogP) is 3.74. The molecular weight excluding hydrogens is 313 g/mol. The summed E-state index contributed by atoms with van der Waals surface area (Å²) < 4.78 is 13.0. The molecule has 0 spiro atoms. The highest BCUT2D eigenvalue weighted by molar-refractivity contribution is 7.80. The van der Waals surface area contributed by atoms with Crippen LogP contribution >= 0.6 is 12.6 Å². The van der Waals surface area contributed by atoms with Gasteiger partial charge in [0, 0.05) is 17.7 Å². The molecule has 0 saturated carbocycles. The molecule has 0 atom stereocenters. The molecule has 0 radical (unpaired) electrons. The normalized spacial score (nSPS) is 10.7. The maximum absolute atomic E-state index is 13.0. The number of hydrogen-bond acceptors (Lipinski definition) is 3. The van der Waals surface area contributed by atoms with Crippen molar-refractivity contribution in [1.29, 1.82) is 0 Å². The fraction of sp³-hybridized carbons (Fsp3) is 0.412. The standard InChI is InChI=1S/C17H22FN3OS/c1-12-15(13-6-8-14(18)9-7-13)20-21-16(12)17(22)19-10-4-2-3-5-11-23/h6-9,23H,2-5,10-11H2,1H3,(H,19,22)(H,20,21). The Hall–Kier alpha value is -1.82. The van der Waals surface area contributed by atoms with Gasteiger partial charge in [0.15, 0.2) is 0 Å². The van der Waals surface area contributed by atoms with Gasteiger partial charge in [0.05, 0.1) is 5.69 Å². The summed E-state index contributed by atoms with van der Waals surface area (Å²) in [7, 11) is 0. The average molecular weight is 335 g/mol. The van der Waals surface area contributed by atoms with Crippen LogP contribution in [0.2, 0.25) is 0 Å². The maximum atomic E-state index is 13.0. The number of unbranched alkanes of at least 4 members (excludes halogenated alkanes) is 3. The lowest BCUT2D eigenvalue weighted by atomic mass is 10.1. The number of halogens is 1. The zero-order chi connectivity index (χ0) is 16.7. The van der Waals surface area contributed by atoms with Gasteiger partial charge >= 0.3 is 0 Å². The van der Waals surface area contributed by atoms with E-state index in [-0.39, 0.29) is 11.7 Å². The molecule has 2 rings (SSSR count). The van der Waals surface area contributed by atoms with Crippen LogP contribution in [0.1, 0.15) is 41.7 Å². The van der Waals surface area contributed by atoms with Crippen molar-refractivity contribution in [2.75, 3.05) is 12.3 Å². The van der Waals surface area contributed by atoms with E-state index in [0.717, 1.165) is 42.6 Å². The number of hydrogen-bond donors (Lipinski definition) is 3. The summed E-state index contributed by atoms with van der Waals surface area (Å²) in [6.07, 6.45) is 4.29. The molecule has 124 valence electrons. The van der Waals surface area contributed by atoms with Gasteiger partial charge in [-0.3, -0.25) is 9.89 Å². The molecule has 1 aromatic carbocycles. The van der Waals surface area contributed by atoms with Gasteiger partial charge in [-0.15, -0.1) is 0 Å². The summed E-state index contributed by atoms with van der Waals surface area (Å²) in [6, 6.07) is 6.07. The number of nitrogens with zero attached hydrogens (tertiary/aromatic N) is 1. The molecule has 0 bridgehead atoms. The predicted molar refractivity (Wildman–Crippen MR) is 93.4 cm³/mol. The average Bonchev–Trinajstić information content (AvgIpc) is 2.93. The van der Waals surface area contributed by atoms with Crippen molar-refractivity contribution in [3.05, 3.63) is 41.3 Å². The molecule has 6 heteroatoms. The summed E-state index contributed by atoms with van der Waals surface area (Å²) in [5, 5.41) is 9.87. The van der Waals surface area contributed by atoms with Crippen LogP contribution in [-0.4, -0.2) is 28.4 Å². The Bertz CT molecular complexity index is 640. The van der Waals surface area contributed by atoms with Gasteiger partial charge in [-0.05, 0) is 49.8 Å². The van der Waals surface area contributed by atoms with Gasteiger partial charge in [0.1, 0.15) is 11.5 Å². The number of thiol groups is 1. The smallest absolute Gasteiger partial charge is 0.269 e. The van der Waals surface area contributed by atoms with Crippen molar-refractivity contribution in [3.63, 3.8) is 0 Å². The first-order chi connectivity index (χ1) is 11.1. The summed E-state index contributed by atoms with van der Waals surface area (Å²) in [5.41, 5.74) is 2.68. The Morgan fingerprint density at radius 3 is 2.61 bits per heavy atom. The van der Waals surface area contributed by atoms with Crippen LogP contribution in [0.3, 0.4) is 0 Å². The van der Waals surface area contributed by atoms with Gasteiger partial charge in [0.25, 0.3) is 5.91 Å². The minimum absolute atomic E-state index is 0.155. The highest BCUT2D eigenvalue weighted by Crippen LogP contribution is 2.23. The SMILES string of the molecule is Cc1c(-c2ccc(F)cc2)n[nH]c1C(=O)NCCCCCCS. The molecular formula is C17H22FN3OS. The van der Waals surface area contributed by atoms with E-state index in [4.69, 9.17) is 0 Å². The largest absolute Gasteiger partial charge is 0.351 e. The molecule has 0 saturated heterocycles. The van der Waals surface area contributed by atoms with E-state index >= 15 is 0 Å². The third-order valence-electron chi connectivity index (χ3n) is 3.72. The third kappa shape index (κ3) is 4.82. The van der Waals surface area contributed by atoms with Crippen molar-refractivity contribution in [1.82, 2.24) is 15.5 Å². The first kappa shape index (κ1) is 17.5. The fourth-order valence-corrected chi connectivity index (χ4v) is 2.61. The second kappa shape index (κ2) is 8.72. The molecule has 1 heterocycles. The minimum atomic E-state index is -0.294. The van der Waals surface area contributed by atoms with Crippen molar-refractivity contribution in [3.8, 4) is 11.3 Å². The number of rotatable bonds is 8. The van der Waals surface area contributed by atoms with Crippen LogP contribution in [-0.2, 0) is 0 Å². The molecule has 2 N–H and O–H groups in total. The van der Waals surface area contributed by atoms with E-state index in [0.29, 0.717) is 17.9 Å². The molecule has 0 fully saturated rings. The van der Waals surface area contributed by atoms with Crippen molar-refractivity contribution < 1.29 is 9.18 Å². The Morgan fingerprint density at radius 2 is 1.91 bits per heavy atom. The quantitative estimate of drug-likeness (QED) is 0.508. The second-order valence-corrected chi connectivity index (χ2v) is 5.92. The van der Waals surface area contributed by atoms with Gasteiger partial charge < -0.3 is 5.32 Å². The van der Waals surface area contributed by atoms with Crippen LogP contribution in [0.15, 0.2) is 24.3 Å². The number of aromatic nitrogens is 2. The summed E-state index contributed by atoms with van der Waals surface area (Å²) in [6.45, 7) is 2.49. The Balaban J connectivity index is 1.93. The Morgan fingerprint density at radius 1 is 1.22 bits per heavy atom. The number of aromatic amines is 1. The van der Waals surface area contributed by atoms with Crippen LogP contribution in [0.25, 0.3) is 11.3 Å². The molecule has 2 aromatic rings. The molecule has 1 amide bonds. The van der Waals surface area contributed by atoms with Crippen molar-refractivity contribution >= 4 is 18.5 Å². The molecule has 1 aromatic heterocycles. The van der Waals surface area contributed by atoms with E-state index in [9.17, 15) is 9.18 Å². The van der Waals surface area contributed by atoms with Crippen molar-refractivity contribution in [2.24, 2.45) is 0 Å². The number of benzene rings is 1. The number of carbonyl (C=O) groups excluding carboxylic acids is 1. The van der Waals surface area contributed by atoms with Gasteiger partial charge in [-0.1, -0.05) is 12.8 Å². The second-order valence-electron chi connectivity index (χ2n) is 5.47. The minimum Gasteiger partial charge on any atom is -0.351 e. The van der Waals surface area contributed by atoms with Gasteiger partial charge in [0.2, 0.25) is 0 Å². The number of nitrogens with one attached hydrogen (secondary N) is 2. The first-order valence-electron chi connectivity index (χ1n) is 7.83. The Labute approximate surface area is 141 Å². The molecule has 0 aliphatic rings. The third-order valence-corrected chi connectivity index (χ3v) is 4.04. The zero-order valence-corrected chi connectivity index (χ0v) is 14.1. The molecule has 0 aliphatic carbocycles. The zero-order valence-electron chi connectivity index (χ0n) is 13.2. The lowest BCUT2D eigenvalue weighted by Gasteiger charge is -2.04. The highest BCUT2D eigenvalue weighted by Gasteiger charge is 2.16. The van der Waals surface area contributed by atoms with Gasteiger partial charge in [-0.2, -0.15) is 17.7 Å². The monoisotopic (exact) mass is 335 g/mol. The fourth-order valence-electron chi connectivity index (χ4n) is 2.39.